The molecule has 0 unspecified atom stereocenters. The van der Waals surface area contributed by atoms with Gasteiger partial charge in [0.05, 0.1) is 46.4 Å². The van der Waals surface area contributed by atoms with E-state index in [-0.39, 0.29) is 23.5 Å². The highest BCUT2D eigenvalue weighted by Gasteiger charge is 2.19. The Morgan fingerprint density at radius 2 is 1.92 bits per heavy atom. The second kappa shape index (κ2) is 8.14. The minimum absolute atomic E-state index is 0.0122. The third kappa shape index (κ3) is 4.06. The Morgan fingerprint density at radius 3 is 2.48 bits per heavy atom. The Balaban J connectivity index is 2.64. The molecule has 1 aromatic carbocycles. The van der Waals surface area contributed by atoms with Crippen LogP contribution < -0.4 is 11.5 Å². The van der Waals surface area contributed by atoms with E-state index in [0.29, 0.717) is 34.1 Å². The van der Waals surface area contributed by atoms with Gasteiger partial charge < -0.3 is 11.5 Å². The smallest absolute Gasteiger partial charge is 0.135 e. The lowest BCUT2D eigenvalue weighted by molar-refractivity contribution is 0.865. The number of benzene rings is 1. The first-order valence-electron chi connectivity index (χ1n) is 7.70. The normalized spacial score (nSPS) is 11.0. The van der Waals surface area contributed by atoms with Crippen molar-refractivity contribution < 1.29 is 0 Å². The summed E-state index contributed by atoms with van der Waals surface area (Å²) >= 11 is 5.87. The average molecular weight is 353 g/mol. The summed E-state index contributed by atoms with van der Waals surface area (Å²) in [4.78, 5) is 8.82. The van der Waals surface area contributed by atoms with Crippen molar-refractivity contribution in [1.82, 2.24) is 4.98 Å². The second-order valence-electron chi connectivity index (χ2n) is 5.34. The molecule has 7 heteroatoms. The van der Waals surface area contributed by atoms with Gasteiger partial charge in [-0.1, -0.05) is 24.9 Å². The first-order chi connectivity index (χ1) is 12.0. The van der Waals surface area contributed by atoms with Gasteiger partial charge in [0.2, 0.25) is 0 Å². The number of amidine groups is 1. The van der Waals surface area contributed by atoms with Crippen molar-refractivity contribution in [2.75, 3.05) is 5.73 Å². The maximum atomic E-state index is 9.40. The quantitative estimate of drug-likeness (QED) is 0.631. The number of pyridine rings is 1. The fraction of sp³-hybridized carbons (Fsp3) is 0.222. The van der Waals surface area contributed by atoms with Crippen molar-refractivity contribution in [2.45, 2.75) is 26.2 Å². The van der Waals surface area contributed by atoms with Crippen LogP contribution in [0.15, 0.2) is 29.3 Å². The van der Waals surface area contributed by atoms with Crippen LogP contribution in [-0.2, 0) is 12.8 Å². The molecule has 0 spiro atoms. The van der Waals surface area contributed by atoms with Gasteiger partial charge >= 0.3 is 0 Å². The summed E-state index contributed by atoms with van der Waals surface area (Å²) in [7, 11) is 0. The molecule has 2 rings (SSSR count). The number of halogens is 1. The van der Waals surface area contributed by atoms with Crippen LogP contribution in [-0.4, -0.2) is 10.8 Å². The molecule has 0 bridgehead atoms. The van der Waals surface area contributed by atoms with Gasteiger partial charge in [0.25, 0.3) is 0 Å². The number of aromatic nitrogens is 1. The minimum atomic E-state index is 0.0122. The lowest BCUT2D eigenvalue weighted by Gasteiger charge is -2.14. The van der Waals surface area contributed by atoms with E-state index in [4.69, 9.17) is 28.3 Å². The van der Waals surface area contributed by atoms with Crippen LogP contribution in [0, 0.1) is 22.7 Å². The number of nitrogens with zero attached hydrogens (tertiary/aromatic N) is 4. The molecule has 0 fully saturated rings. The Bertz CT molecular complexity index is 888. The van der Waals surface area contributed by atoms with Crippen molar-refractivity contribution in [2.24, 2.45) is 10.7 Å². The van der Waals surface area contributed by atoms with Crippen LogP contribution in [0.25, 0.3) is 0 Å². The topological polar surface area (TPSA) is 125 Å². The largest absolute Gasteiger partial charge is 0.397 e. The number of nitrogens with two attached hydrogens (primary N) is 2. The molecule has 25 heavy (non-hydrogen) atoms. The number of aryl methyl sites for hydroxylation is 1. The monoisotopic (exact) mass is 352 g/mol. The number of anilines is 1. The van der Waals surface area contributed by atoms with Crippen molar-refractivity contribution in [3.8, 4) is 12.1 Å². The summed E-state index contributed by atoms with van der Waals surface area (Å²) in [6.07, 6.45) is 1.43. The Hall–Kier alpha value is -3.09. The zero-order valence-corrected chi connectivity index (χ0v) is 14.5. The van der Waals surface area contributed by atoms with Gasteiger partial charge in [-0.05, 0) is 30.7 Å². The number of nitriles is 2. The van der Waals surface area contributed by atoms with Crippen LogP contribution in [0.2, 0.25) is 5.02 Å². The van der Waals surface area contributed by atoms with E-state index in [1.807, 2.05) is 19.1 Å². The third-order valence-corrected chi connectivity index (χ3v) is 3.82. The van der Waals surface area contributed by atoms with Gasteiger partial charge in [-0.3, -0.25) is 4.98 Å². The third-order valence-electron chi connectivity index (χ3n) is 3.56. The van der Waals surface area contributed by atoms with E-state index in [1.54, 1.807) is 24.3 Å². The molecule has 4 N–H and O–H groups in total. The van der Waals surface area contributed by atoms with Crippen molar-refractivity contribution in [3.63, 3.8) is 0 Å². The van der Waals surface area contributed by atoms with Gasteiger partial charge in [-0.15, -0.1) is 0 Å². The molecule has 2 aromatic rings. The summed E-state index contributed by atoms with van der Waals surface area (Å²) in [6.45, 7) is 2.00. The van der Waals surface area contributed by atoms with Crippen LogP contribution >= 0.6 is 11.6 Å². The maximum absolute atomic E-state index is 9.40. The molecular weight excluding hydrogens is 336 g/mol. The van der Waals surface area contributed by atoms with Crippen molar-refractivity contribution in [1.29, 1.82) is 10.5 Å². The van der Waals surface area contributed by atoms with E-state index in [9.17, 15) is 5.26 Å². The molecule has 0 aliphatic heterocycles. The van der Waals surface area contributed by atoms with E-state index in [2.05, 4.69) is 9.98 Å². The lowest BCUT2D eigenvalue weighted by atomic mass is 10.00. The molecule has 0 aliphatic carbocycles. The van der Waals surface area contributed by atoms with Gasteiger partial charge in [0.1, 0.15) is 11.9 Å². The molecule has 0 aliphatic rings. The zero-order valence-electron chi connectivity index (χ0n) is 13.8. The number of nitrogen functional groups attached to an aromatic ring is 1. The van der Waals surface area contributed by atoms with E-state index in [0.717, 1.165) is 6.42 Å². The van der Waals surface area contributed by atoms with Crippen LogP contribution in [0.3, 0.4) is 0 Å². The van der Waals surface area contributed by atoms with Gasteiger partial charge in [0, 0.05) is 5.02 Å². The van der Waals surface area contributed by atoms with Gasteiger partial charge in [-0.25, -0.2) is 4.99 Å². The zero-order chi connectivity index (χ0) is 18.4. The Labute approximate surface area is 151 Å². The molecule has 0 atom stereocenters. The van der Waals surface area contributed by atoms with Crippen LogP contribution in [0.4, 0.5) is 11.4 Å². The molecule has 1 aromatic heterocycles. The molecule has 1 heterocycles. The average Bonchev–Trinajstić information content (AvgIpc) is 2.57. The summed E-state index contributed by atoms with van der Waals surface area (Å²) in [5.74, 6) is 0.177. The van der Waals surface area contributed by atoms with Crippen LogP contribution in [0.1, 0.15) is 35.9 Å². The fourth-order valence-corrected chi connectivity index (χ4v) is 2.58. The highest BCUT2D eigenvalue weighted by Crippen LogP contribution is 2.26. The molecule has 0 amide bonds. The minimum Gasteiger partial charge on any atom is -0.397 e. The van der Waals surface area contributed by atoms with E-state index in [1.165, 1.54) is 0 Å². The van der Waals surface area contributed by atoms with E-state index >= 15 is 0 Å². The maximum Gasteiger partial charge on any atom is 0.135 e. The van der Waals surface area contributed by atoms with Crippen molar-refractivity contribution in [3.05, 3.63) is 51.8 Å². The fourth-order valence-electron chi connectivity index (χ4n) is 2.45. The molecule has 126 valence electrons. The van der Waals surface area contributed by atoms with E-state index < -0.39 is 0 Å². The number of aliphatic imine (C=N–C) groups is 1. The number of rotatable bonds is 5. The summed E-state index contributed by atoms with van der Waals surface area (Å²) in [6, 6.07) is 10.9. The second-order valence-corrected chi connectivity index (χ2v) is 5.78. The standard InChI is InChI=1S/C18H17ClN6/c1-2-3-15-16(17(22)13(10-21)14(25-15)8-9-20)18(23)24-12-6-4-11(19)5-7-12/h4-7H,2-3,8H2,1H3,(H2,22,25)(H2,23,24). The SMILES string of the molecule is CCCc1nc(CC#N)c(C#N)c(N)c1C(N)=Nc1ccc(Cl)cc1. The highest BCUT2D eigenvalue weighted by atomic mass is 35.5. The summed E-state index contributed by atoms with van der Waals surface area (Å²) in [5.41, 5.74) is 14.8. The summed E-state index contributed by atoms with van der Waals surface area (Å²) < 4.78 is 0. The molecule has 0 saturated heterocycles. The first-order valence-corrected chi connectivity index (χ1v) is 8.08. The molecule has 0 radical (unpaired) electrons. The predicted octanol–water partition coefficient (Wildman–Crippen LogP) is 3.24. The number of hydrogen-bond donors (Lipinski definition) is 2. The predicted molar refractivity (Wildman–Crippen MR) is 98.5 cm³/mol. The highest BCUT2D eigenvalue weighted by molar-refractivity contribution is 6.30. The van der Waals surface area contributed by atoms with Gasteiger partial charge in [0.15, 0.2) is 0 Å². The van der Waals surface area contributed by atoms with Crippen molar-refractivity contribution >= 4 is 28.8 Å². The molecular formula is C18H17ClN6. The molecule has 6 nitrogen and oxygen atoms in total. The Kier molecular flexibility index (Phi) is 5.94. The Morgan fingerprint density at radius 1 is 1.24 bits per heavy atom. The first kappa shape index (κ1) is 18.3. The van der Waals surface area contributed by atoms with Gasteiger partial charge in [-0.2, -0.15) is 10.5 Å². The molecule has 0 saturated carbocycles. The summed E-state index contributed by atoms with van der Waals surface area (Å²) in [5, 5.41) is 18.9. The van der Waals surface area contributed by atoms with Crippen LogP contribution in [0.5, 0.6) is 0 Å². The number of hydrogen-bond acceptors (Lipinski definition) is 5. The lowest BCUT2D eigenvalue weighted by Crippen LogP contribution is -2.21.